The van der Waals surface area contributed by atoms with Gasteiger partial charge >= 0.3 is 0 Å². The molecule has 0 aromatic carbocycles. The fraction of sp³-hybridized carbons (Fsp3) is 1.00. The maximum Gasteiger partial charge on any atom is 0.0309 e. The standard InChI is InChI=1S/C12H24N2/c1-12(2)11(13-3)8-9-14(12)10-6-4-5-7-10/h10-11,13H,4-9H2,1-3H3. The van der Waals surface area contributed by atoms with E-state index < -0.39 is 0 Å². The van der Waals surface area contributed by atoms with E-state index >= 15 is 0 Å². The van der Waals surface area contributed by atoms with Gasteiger partial charge in [-0.3, -0.25) is 4.90 Å². The first-order valence-corrected chi connectivity index (χ1v) is 6.10. The highest BCUT2D eigenvalue weighted by Crippen LogP contribution is 2.36. The van der Waals surface area contributed by atoms with Crippen LogP contribution in [0.25, 0.3) is 0 Å². The van der Waals surface area contributed by atoms with Gasteiger partial charge in [0.15, 0.2) is 0 Å². The van der Waals surface area contributed by atoms with Gasteiger partial charge < -0.3 is 5.32 Å². The van der Waals surface area contributed by atoms with E-state index in [0.717, 1.165) is 6.04 Å². The summed E-state index contributed by atoms with van der Waals surface area (Å²) in [7, 11) is 2.10. The third-order valence-corrected chi connectivity index (χ3v) is 4.37. The molecule has 0 spiro atoms. The average molecular weight is 196 g/mol. The highest BCUT2D eigenvalue weighted by Gasteiger charge is 2.43. The molecule has 2 aliphatic rings. The second-order valence-corrected chi connectivity index (χ2v) is 5.42. The van der Waals surface area contributed by atoms with Crippen molar-refractivity contribution in [3.8, 4) is 0 Å². The lowest BCUT2D eigenvalue weighted by Crippen LogP contribution is -2.52. The van der Waals surface area contributed by atoms with Gasteiger partial charge in [0.25, 0.3) is 0 Å². The highest BCUT2D eigenvalue weighted by molar-refractivity contribution is 5.02. The molecule has 1 heterocycles. The van der Waals surface area contributed by atoms with Gasteiger partial charge in [0.1, 0.15) is 0 Å². The summed E-state index contributed by atoms with van der Waals surface area (Å²) in [5, 5.41) is 3.47. The topological polar surface area (TPSA) is 15.3 Å². The van der Waals surface area contributed by atoms with Gasteiger partial charge in [-0.2, -0.15) is 0 Å². The van der Waals surface area contributed by atoms with E-state index in [0.29, 0.717) is 11.6 Å². The number of likely N-dealkylation sites (N-methyl/N-ethyl adjacent to an activating group) is 1. The van der Waals surface area contributed by atoms with Gasteiger partial charge in [-0.1, -0.05) is 12.8 Å². The van der Waals surface area contributed by atoms with E-state index in [4.69, 9.17) is 0 Å². The summed E-state index contributed by atoms with van der Waals surface area (Å²) >= 11 is 0. The summed E-state index contributed by atoms with van der Waals surface area (Å²) in [5.74, 6) is 0. The van der Waals surface area contributed by atoms with Gasteiger partial charge in [-0.25, -0.2) is 0 Å². The molecular weight excluding hydrogens is 172 g/mol. The molecule has 2 fully saturated rings. The zero-order valence-corrected chi connectivity index (χ0v) is 9.84. The molecule has 1 atom stereocenters. The van der Waals surface area contributed by atoms with E-state index in [-0.39, 0.29) is 0 Å². The lowest BCUT2D eigenvalue weighted by atomic mass is 9.94. The largest absolute Gasteiger partial charge is 0.315 e. The van der Waals surface area contributed by atoms with E-state index in [9.17, 15) is 0 Å². The van der Waals surface area contributed by atoms with Gasteiger partial charge in [-0.15, -0.1) is 0 Å². The minimum Gasteiger partial charge on any atom is -0.315 e. The molecule has 0 aromatic rings. The molecule has 2 heteroatoms. The molecule has 1 aliphatic carbocycles. The van der Waals surface area contributed by atoms with Crippen molar-refractivity contribution in [2.24, 2.45) is 0 Å². The van der Waals surface area contributed by atoms with Crippen LogP contribution in [0.5, 0.6) is 0 Å². The van der Waals surface area contributed by atoms with E-state index in [1.54, 1.807) is 0 Å². The van der Waals surface area contributed by atoms with Gasteiger partial charge in [0, 0.05) is 24.2 Å². The molecule has 2 nitrogen and oxygen atoms in total. The summed E-state index contributed by atoms with van der Waals surface area (Å²) in [6.45, 7) is 6.10. The Balaban J connectivity index is 2.05. The summed E-state index contributed by atoms with van der Waals surface area (Å²) < 4.78 is 0. The van der Waals surface area contributed by atoms with Crippen molar-refractivity contribution in [2.45, 2.75) is 63.6 Å². The molecule has 0 bridgehead atoms. The number of rotatable bonds is 2. The molecule has 1 N–H and O–H groups in total. The minimum absolute atomic E-state index is 0.365. The number of hydrogen-bond donors (Lipinski definition) is 1. The molecule has 1 saturated heterocycles. The molecule has 0 aromatic heterocycles. The van der Waals surface area contributed by atoms with Gasteiger partial charge in [0.2, 0.25) is 0 Å². The Morgan fingerprint density at radius 3 is 2.29 bits per heavy atom. The lowest BCUT2D eigenvalue weighted by Gasteiger charge is -2.39. The summed E-state index contributed by atoms with van der Waals surface area (Å²) in [4.78, 5) is 2.75. The average Bonchev–Trinajstić information content (AvgIpc) is 2.71. The van der Waals surface area contributed by atoms with Crippen LogP contribution in [-0.2, 0) is 0 Å². The monoisotopic (exact) mass is 196 g/mol. The quantitative estimate of drug-likeness (QED) is 0.726. The van der Waals surface area contributed by atoms with Crippen molar-refractivity contribution in [2.75, 3.05) is 13.6 Å². The Hall–Kier alpha value is -0.0800. The number of likely N-dealkylation sites (tertiary alicyclic amines) is 1. The number of nitrogens with zero attached hydrogens (tertiary/aromatic N) is 1. The Labute approximate surface area is 88.1 Å². The molecule has 0 amide bonds. The van der Waals surface area contributed by atoms with Crippen LogP contribution in [0.1, 0.15) is 46.0 Å². The molecular formula is C12H24N2. The van der Waals surface area contributed by atoms with E-state index in [2.05, 4.69) is 31.1 Å². The van der Waals surface area contributed by atoms with Crippen molar-refractivity contribution in [3.63, 3.8) is 0 Å². The van der Waals surface area contributed by atoms with Crippen LogP contribution < -0.4 is 5.32 Å². The second kappa shape index (κ2) is 3.82. The zero-order chi connectivity index (χ0) is 10.2. The molecule has 2 rings (SSSR count). The first-order valence-electron chi connectivity index (χ1n) is 6.10. The maximum atomic E-state index is 3.47. The highest BCUT2D eigenvalue weighted by atomic mass is 15.3. The van der Waals surface area contributed by atoms with Crippen molar-refractivity contribution < 1.29 is 0 Å². The first-order chi connectivity index (χ1) is 6.66. The second-order valence-electron chi connectivity index (χ2n) is 5.42. The van der Waals surface area contributed by atoms with Crippen LogP contribution in [0.3, 0.4) is 0 Å². The van der Waals surface area contributed by atoms with E-state index in [1.807, 2.05) is 0 Å². The predicted octanol–water partition coefficient (Wildman–Crippen LogP) is 2.00. The van der Waals surface area contributed by atoms with Crippen molar-refractivity contribution in [3.05, 3.63) is 0 Å². The fourth-order valence-corrected chi connectivity index (χ4v) is 3.48. The first kappa shape index (κ1) is 10.4. The van der Waals surface area contributed by atoms with Gasteiger partial charge in [0.05, 0.1) is 0 Å². The Morgan fingerprint density at radius 1 is 1.14 bits per heavy atom. The Morgan fingerprint density at radius 2 is 1.79 bits per heavy atom. The van der Waals surface area contributed by atoms with Crippen LogP contribution in [0, 0.1) is 0 Å². The molecule has 82 valence electrons. The number of hydrogen-bond acceptors (Lipinski definition) is 2. The van der Waals surface area contributed by atoms with Crippen LogP contribution in [0.2, 0.25) is 0 Å². The van der Waals surface area contributed by atoms with Gasteiger partial charge in [-0.05, 0) is 40.2 Å². The molecule has 0 radical (unpaired) electrons. The predicted molar refractivity (Wildman–Crippen MR) is 60.5 cm³/mol. The SMILES string of the molecule is CNC1CCN(C2CCCC2)C1(C)C. The third-order valence-electron chi connectivity index (χ3n) is 4.37. The summed E-state index contributed by atoms with van der Waals surface area (Å²) in [5.41, 5.74) is 0.365. The van der Waals surface area contributed by atoms with Crippen molar-refractivity contribution in [1.82, 2.24) is 10.2 Å². The van der Waals surface area contributed by atoms with Crippen LogP contribution in [-0.4, -0.2) is 36.1 Å². The van der Waals surface area contributed by atoms with Crippen LogP contribution in [0.15, 0.2) is 0 Å². The molecule has 1 aliphatic heterocycles. The van der Waals surface area contributed by atoms with E-state index in [1.165, 1.54) is 38.6 Å². The van der Waals surface area contributed by atoms with Crippen LogP contribution >= 0.6 is 0 Å². The minimum atomic E-state index is 0.365. The molecule has 1 unspecified atom stereocenters. The molecule has 14 heavy (non-hydrogen) atoms. The van der Waals surface area contributed by atoms with Crippen molar-refractivity contribution in [1.29, 1.82) is 0 Å². The molecule has 1 saturated carbocycles. The van der Waals surface area contributed by atoms with Crippen molar-refractivity contribution >= 4 is 0 Å². The lowest BCUT2D eigenvalue weighted by molar-refractivity contribution is 0.103. The zero-order valence-electron chi connectivity index (χ0n) is 9.84. The summed E-state index contributed by atoms with van der Waals surface area (Å²) in [6.07, 6.45) is 7.07. The smallest absolute Gasteiger partial charge is 0.0309 e. The number of nitrogens with one attached hydrogen (secondary N) is 1. The Kier molecular flexibility index (Phi) is 2.85. The third kappa shape index (κ3) is 1.59. The fourth-order valence-electron chi connectivity index (χ4n) is 3.48. The summed E-state index contributed by atoms with van der Waals surface area (Å²) in [6, 6.07) is 1.56. The Bertz CT molecular complexity index is 194. The normalized spacial score (nSPS) is 34.1. The van der Waals surface area contributed by atoms with Crippen LogP contribution in [0.4, 0.5) is 0 Å². The maximum absolute atomic E-state index is 3.47.